The highest BCUT2D eigenvalue weighted by Crippen LogP contribution is 2.21. The van der Waals surface area contributed by atoms with Gasteiger partial charge in [0.25, 0.3) is 0 Å². The fraction of sp³-hybridized carbons (Fsp3) is 0.333. The summed E-state index contributed by atoms with van der Waals surface area (Å²) in [6.07, 6.45) is 3.30. The van der Waals surface area contributed by atoms with Crippen molar-refractivity contribution in [2.24, 2.45) is 4.99 Å². The quantitative estimate of drug-likeness (QED) is 0.292. The number of guanidine groups is 1. The molecule has 156 valence electrons. The summed E-state index contributed by atoms with van der Waals surface area (Å²) in [5.41, 5.74) is 8.16. The number of nitrogens with one attached hydrogen (secondary N) is 2. The fourth-order valence-electron chi connectivity index (χ4n) is 2.97. The molecule has 3 rings (SSSR count). The van der Waals surface area contributed by atoms with Crippen molar-refractivity contribution < 1.29 is 0 Å². The second kappa shape index (κ2) is 10.4. The average Bonchev–Trinajstić information content (AvgIpc) is 3.32. The number of aryl methyl sites for hydroxylation is 2. The Morgan fingerprint density at radius 1 is 1.30 bits per heavy atom. The van der Waals surface area contributed by atoms with Crippen LogP contribution in [-0.2, 0) is 13.0 Å². The summed E-state index contributed by atoms with van der Waals surface area (Å²) in [6, 6.07) is 11.8. The molecule has 0 bridgehead atoms. The van der Waals surface area contributed by atoms with Gasteiger partial charge in [0.15, 0.2) is 5.96 Å². The highest BCUT2D eigenvalue weighted by Gasteiger charge is 2.16. The van der Waals surface area contributed by atoms with Crippen molar-refractivity contribution in [2.75, 3.05) is 18.8 Å². The van der Waals surface area contributed by atoms with Crippen molar-refractivity contribution in [1.29, 1.82) is 5.26 Å². The summed E-state index contributed by atoms with van der Waals surface area (Å²) >= 11 is 1.65. The molecule has 0 aliphatic rings. The Morgan fingerprint density at radius 2 is 2.10 bits per heavy atom. The molecule has 3 aromatic rings. The number of anilines is 1. The predicted octanol–water partition coefficient (Wildman–Crippen LogP) is 2.78. The molecule has 0 amide bonds. The van der Waals surface area contributed by atoms with Crippen molar-refractivity contribution in [3.63, 3.8) is 0 Å². The number of rotatable bonds is 8. The van der Waals surface area contributed by atoms with E-state index in [2.05, 4.69) is 31.8 Å². The zero-order valence-corrected chi connectivity index (χ0v) is 18.0. The van der Waals surface area contributed by atoms with E-state index in [0.29, 0.717) is 36.6 Å². The molecule has 0 aliphatic carbocycles. The summed E-state index contributed by atoms with van der Waals surface area (Å²) in [5.74, 6) is 1.13. The minimum absolute atomic E-state index is 0.375. The molecule has 0 saturated carbocycles. The van der Waals surface area contributed by atoms with Gasteiger partial charge in [-0.3, -0.25) is 0 Å². The number of nitrogen functional groups attached to an aromatic ring is 1. The van der Waals surface area contributed by atoms with E-state index >= 15 is 0 Å². The predicted molar refractivity (Wildman–Crippen MR) is 121 cm³/mol. The number of thiazole rings is 1. The minimum atomic E-state index is 0.375. The second-order valence-electron chi connectivity index (χ2n) is 6.66. The third kappa shape index (κ3) is 5.36. The van der Waals surface area contributed by atoms with Crippen LogP contribution in [0.25, 0.3) is 5.69 Å². The van der Waals surface area contributed by atoms with E-state index in [0.717, 1.165) is 29.6 Å². The Hall–Kier alpha value is -3.38. The van der Waals surface area contributed by atoms with Gasteiger partial charge in [0.05, 0.1) is 17.9 Å². The molecule has 0 fully saturated rings. The number of nitriles is 1. The van der Waals surface area contributed by atoms with Crippen LogP contribution in [0.1, 0.15) is 34.5 Å². The molecule has 0 aliphatic heterocycles. The molecule has 30 heavy (non-hydrogen) atoms. The minimum Gasteiger partial charge on any atom is -0.382 e. The van der Waals surface area contributed by atoms with Crippen LogP contribution >= 0.6 is 11.3 Å². The zero-order valence-electron chi connectivity index (χ0n) is 17.2. The molecule has 0 saturated heterocycles. The van der Waals surface area contributed by atoms with Crippen LogP contribution in [0.15, 0.2) is 41.5 Å². The number of aliphatic imine (C=N–C) groups is 1. The molecule has 0 unspecified atom stereocenters. The number of hydrogen-bond donors (Lipinski definition) is 3. The maximum absolute atomic E-state index is 9.52. The van der Waals surface area contributed by atoms with E-state index in [1.807, 2.05) is 50.4 Å². The van der Waals surface area contributed by atoms with Gasteiger partial charge in [0.1, 0.15) is 22.5 Å². The highest BCUT2D eigenvalue weighted by atomic mass is 32.1. The Balaban J connectivity index is 1.59. The van der Waals surface area contributed by atoms with Crippen LogP contribution in [0.2, 0.25) is 0 Å². The van der Waals surface area contributed by atoms with Crippen LogP contribution in [0.5, 0.6) is 0 Å². The molecule has 1 aromatic carbocycles. The molecular weight excluding hydrogens is 396 g/mol. The van der Waals surface area contributed by atoms with E-state index in [9.17, 15) is 5.26 Å². The largest absolute Gasteiger partial charge is 0.382 e. The van der Waals surface area contributed by atoms with Crippen molar-refractivity contribution in [2.45, 2.75) is 33.2 Å². The number of nitrogens with two attached hydrogens (primary N) is 1. The van der Waals surface area contributed by atoms with Gasteiger partial charge in [-0.25, -0.2) is 14.7 Å². The molecule has 8 nitrogen and oxygen atoms in total. The Bertz CT molecular complexity index is 1030. The molecular formula is C21H26N8S. The maximum Gasteiger partial charge on any atom is 0.191 e. The van der Waals surface area contributed by atoms with Gasteiger partial charge < -0.3 is 16.4 Å². The van der Waals surface area contributed by atoms with E-state index in [1.54, 1.807) is 16.0 Å². The maximum atomic E-state index is 9.52. The zero-order chi connectivity index (χ0) is 21.3. The second-order valence-corrected chi connectivity index (χ2v) is 7.98. The van der Waals surface area contributed by atoms with Crippen LogP contribution in [0.3, 0.4) is 0 Å². The van der Waals surface area contributed by atoms with Crippen molar-refractivity contribution in [1.82, 2.24) is 25.4 Å². The third-order valence-corrected chi connectivity index (χ3v) is 5.27. The standard InChI is InChI=1S/C21H26N8S/c1-3-24-21(27-14-19-26-13-15(2)30-19)25-11-7-10-18-17(12-22)20(23)29(28-18)16-8-5-4-6-9-16/h4-6,8-9,13H,3,7,10-11,14,23H2,1-2H3,(H2,24,25,27). The smallest absolute Gasteiger partial charge is 0.191 e. The van der Waals surface area contributed by atoms with Crippen molar-refractivity contribution >= 4 is 23.1 Å². The molecule has 0 radical (unpaired) electrons. The molecule has 9 heteroatoms. The van der Waals surface area contributed by atoms with Gasteiger partial charge in [-0.05, 0) is 38.8 Å². The molecule has 4 N–H and O–H groups in total. The lowest BCUT2D eigenvalue weighted by Gasteiger charge is -2.10. The van der Waals surface area contributed by atoms with Crippen LogP contribution in [0, 0.1) is 18.3 Å². The summed E-state index contributed by atoms with van der Waals surface area (Å²) in [5, 5.41) is 21.6. The monoisotopic (exact) mass is 422 g/mol. The molecule has 2 heterocycles. The Morgan fingerprint density at radius 3 is 2.77 bits per heavy atom. The van der Waals surface area contributed by atoms with Crippen LogP contribution in [-0.4, -0.2) is 33.8 Å². The van der Waals surface area contributed by atoms with E-state index in [1.165, 1.54) is 4.88 Å². The summed E-state index contributed by atoms with van der Waals surface area (Å²) in [6.45, 7) is 6.09. The van der Waals surface area contributed by atoms with Gasteiger partial charge in [0.2, 0.25) is 0 Å². The fourth-order valence-corrected chi connectivity index (χ4v) is 3.68. The Labute approximate surface area is 180 Å². The summed E-state index contributed by atoms with van der Waals surface area (Å²) in [7, 11) is 0. The lowest BCUT2D eigenvalue weighted by molar-refractivity contribution is 0.722. The first-order valence-electron chi connectivity index (χ1n) is 9.88. The normalized spacial score (nSPS) is 11.3. The highest BCUT2D eigenvalue weighted by molar-refractivity contribution is 7.11. The molecule has 0 spiro atoms. The molecule has 2 aromatic heterocycles. The average molecular weight is 423 g/mol. The summed E-state index contributed by atoms with van der Waals surface area (Å²) < 4.78 is 1.63. The lowest BCUT2D eigenvalue weighted by Crippen LogP contribution is -2.37. The van der Waals surface area contributed by atoms with Gasteiger partial charge in [-0.15, -0.1) is 11.3 Å². The van der Waals surface area contributed by atoms with Gasteiger partial charge >= 0.3 is 0 Å². The van der Waals surface area contributed by atoms with Crippen LogP contribution < -0.4 is 16.4 Å². The molecule has 0 atom stereocenters. The van der Waals surface area contributed by atoms with Crippen LogP contribution in [0.4, 0.5) is 5.82 Å². The van der Waals surface area contributed by atoms with Crippen molar-refractivity contribution in [3.8, 4) is 11.8 Å². The number of nitrogens with zero attached hydrogens (tertiary/aromatic N) is 5. The van der Waals surface area contributed by atoms with Crippen molar-refractivity contribution in [3.05, 3.63) is 57.7 Å². The number of para-hydroxylation sites is 1. The number of aromatic nitrogens is 3. The first kappa shape index (κ1) is 21.3. The first-order valence-corrected chi connectivity index (χ1v) is 10.7. The third-order valence-electron chi connectivity index (χ3n) is 4.37. The number of hydrogen-bond acceptors (Lipinski definition) is 6. The SMILES string of the molecule is CCNC(=NCc1ncc(C)s1)NCCCc1nn(-c2ccccc2)c(N)c1C#N. The van der Waals surface area contributed by atoms with Gasteiger partial charge in [-0.2, -0.15) is 10.4 Å². The van der Waals surface area contributed by atoms with Gasteiger partial charge in [0, 0.05) is 24.2 Å². The number of benzene rings is 1. The first-order chi connectivity index (χ1) is 14.6. The topological polar surface area (TPSA) is 117 Å². The van der Waals surface area contributed by atoms with E-state index in [-0.39, 0.29) is 0 Å². The summed E-state index contributed by atoms with van der Waals surface area (Å²) in [4.78, 5) is 10.1. The lowest BCUT2D eigenvalue weighted by atomic mass is 10.1. The van der Waals surface area contributed by atoms with Gasteiger partial charge in [-0.1, -0.05) is 18.2 Å². The van der Waals surface area contributed by atoms with E-state index in [4.69, 9.17) is 5.73 Å². The van der Waals surface area contributed by atoms with E-state index < -0.39 is 0 Å². The Kier molecular flexibility index (Phi) is 7.40.